The van der Waals surface area contributed by atoms with Gasteiger partial charge in [0.1, 0.15) is 5.76 Å². The average molecular weight is 458 g/mol. The molecule has 170 valence electrons. The Bertz CT molecular complexity index is 1340. The lowest BCUT2D eigenvalue weighted by atomic mass is 9.52. The lowest BCUT2D eigenvalue weighted by Gasteiger charge is -2.42. The number of hydrogen-bond donors (Lipinski definition) is 1. The number of nitrogen functional groups attached to an aromatic ring is 1. The number of halogens is 2. The van der Waals surface area contributed by atoms with Crippen LogP contribution in [0.1, 0.15) is 37.1 Å². The summed E-state index contributed by atoms with van der Waals surface area (Å²) in [6, 6.07) is 1.92. The van der Waals surface area contributed by atoms with Crippen molar-refractivity contribution in [1.82, 2.24) is 24.7 Å². The van der Waals surface area contributed by atoms with Crippen molar-refractivity contribution < 1.29 is 13.3 Å². The first-order chi connectivity index (χ1) is 16.1. The molecule has 0 spiro atoms. The number of aromatic nitrogens is 5. The largest absolute Gasteiger partial charge is 0.368 e. The molecule has 5 rings (SSSR count). The molecule has 34 heavy (non-hydrogen) atoms. The topological polar surface area (TPSA) is 95.7 Å². The molecule has 0 saturated heterocycles. The fourth-order valence-corrected chi connectivity index (χ4v) is 4.84. The van der Waals surface area contributed by atoms with Crippen molar-refractivity contribution in [1.29, 1.82) is 0 Å². The van der Waals surface area contributed by atoms with E-state index in [2.05, 4.69) is 15.1 Å². The van der Waals surface area contributed by atoms with E-state index in [0.717, 1.165) is 16.8 Å². The van der Waals surface area contributed by atoms with E-state index in [1.54, 1.807) is 29.4 Å². The SMILES string of the molecule is [B]C([B])(C1CCC(F)(F)CC1)n1cc(-c2cnc(N)nc2)c2ncc(-c3c(C)noc3C)cc21. The van der Waals surface area contributed by atoms with Crippen LogP contribution in [0.5, 0.6) is 0 Å². The summed E-state index contributed by atoms with van der Waals surface area (Å²) in [5.74, 6) is -2.22. The minimum absolute atomic E-state index is 0.149. The van der Waals surface area contributed by atoms with Gasteiger partial charge in [-0.25, -0.2) is 18.7 Å². The zero-order chi connectivity index (χ0) is 24.3. The molecule has 1 aliphatic carbocycles. The van der Waals surface area contributed by atoms with Gasteiger partial charge in [-0.15, -0.1) is 0 Å². The predicted octanol–water partition coefficient (Wildman–Crippen LogP) is 4.12. The minimum atomic E-state index is -2.68. The average Bonchev–Trinajstić information content (AvgIpc) is 3.33. The quantitative estimate of drug-likeness (QED) is 0.463. The number of alkyl halides is 2. The summed E-state index contributed by atoms with van der Waals surface area (Å²) in [7, 11) is 13.4. The maximum atomic E-state index is 13.8. The van der Waals surface area contributed by atoms with Crippen LogP contribution in [0, 0.1) is 19.8 Å². The maximum Gasteiger partial charge on any atom is 0.248 e. The summed E-state index contributed by atoms with van der Waals surface area (Å²) < 4.78 is 34.7. The van der Waals surface area contributed by atoms with E-state index in [4.69, 9.17) is 30.9 Å². The van der Waals surface area contributed by atoms with Crippen LogP contribution in [-0.2, 0) is 5.34 Å². The number of hydrogen-bond acceptors (Lipinski definition) is 6. The van der Waals surface area contributed by atoms with Gasteiger partial charge in [0.25, 0.3) is 0 Å². The molecule has 1 fully saturated rings. The van der Waals surface area contributed by atoms with E-state index >= 15 is 0 Å². The summed E-state index contributed by atoms with van der Waals surface area (Å²) in [5.41, 5.74) is 10.7. The monoisotopic (exact) mass is 458 g/mol. The molecule has 4 aromatic rings. The molecule has 0 unspecified atom stereocenters. The van der Waals surface area contributed by atoms with Crippen LogP contribution >= 0.6 is 0 Å². The molecule has 2 N–H and O–H groups in total. The Morgan fingerprint density at radius 1 is 1.09 bits per heavy atom. The number of nitrogens with zero attached hydrogens (tertiary/aromatic N) is 5. The highest BCUT2D eigenvalue weighted by atomic mass is 19.3. The molecule has 4 aromatic heterocycles. The molecular formula is C23H22B2F2N6O. The molecule has 0 amide bonds. The van der Waals surface area contributed by atoms with E-state index in [1.807, 2.05) is 19.9 Å². The molecule has 0 atom stereocenters. The van der Waals surface area contributed by atoms with Gasteiger partial charge in [0.05, 0.1) is 32.4 Å². The van der Waals surface area contributed by atoms with Crippen LogP contribution in [0.15, 0.2) is 35.4 Å². The fourth-order valence-electron chi connectivity index (χ4n) is 4.84. The van der Waals surface area contributed by atoms with E-state index in [-0.39, 0.29) is 37.5 Å². The van der Waals surface area contributed by atoms with Gasteiger partial charge >= 0.3 is 0 Å². The van der Waals surface area contributed by atoms with Crippen LogP contribution in [0.4, 0.5) is 14.7 Å². The number of nitrogens with two attached hydrogens (primary N) is 1. The van der Waals surface area contributed by atoms with Gasteiger partial charge in [0, 0.05) is 59.9 Å². The second kappa shape index (κ2) is 7.92. The molecule has 4 heterocycles. The number of fused-ring (bicyclic) bond motifs is 1. The van der Waals surface area contributed by atoms with Gasteiger partial charge in [0.2, 0.25) is 11.9 Å². The van der Waals surface area contributed by atoms with Gasteiger partial charge in [-0.2, -0.15) is 0 Å². The molecule has 4 radical (unpaired) electrons. The van der Waals surface area contributed by atoms with Crippen molar-refractivity contribution in [2.75, 3.05) is 5.73 Å². The van der Waals surface area contributed by atoms with Gasteiger partial charge < -0.3 is 14.8 Å². The minimum Gasteiger partial charge on any atom is -0.368 e. The molecule has 7 nitrogen and oxygen atoms in total. The highest BCUT2D eigenvalue weighted by molar-refractivity contribution is 6.38. The second-order valence-corrected chi connectivity index (χ2v) is 9.05. The Kier molecular flexibility index (Phi) is 5.26. The lowest BCUT2D eigenvalue weighted by Crippen LogP contribution is -2.45. The van der Waals surface area contributed by atoms with Crippen LogP contribution in [-0.4, -0.2) is 46.3 Å². The summed E-state index contributed by atoms with van der Waals surface area (Å²) in [5, 5.41) is 2.62. The molecule has 0 aromatic carbocycles. The third-order valence-corrected chi connectivity index (χ3v) is 6.73. The third-order valence-electron chi connectivity index (χ3n) is 6.73. The highest BCUT2D eigenvalue weighted by Gasteiger charge is 2.41. The predicted molar refractivity (Wildman–Crippen MR) is 127 cm³/mol. The number of rotatable bonds is 4. The number of pyridine rings is 1. The number of anilines is 1. The summed E-state index contributed by atoms with van der Waals surface area (Å²) in [6.07, 6.45) is 6.67. The van der Waals surface area contributed by atoms with Crippen LogP contribution in [0.25, 0.3) is 33.3 Å². The molecular weight excluding hydrogens is 436 g/mol. The van der Waals surface area contributed by atoms with Crippen molar-refractivity contribution in [2.24, 2.45) is 5.92 Å². The first-order valence-electron chi connectivity index (χ1n) is 11.0. The van der Waals surface area contributed by atoms with Gasteiger partial charge in [-0.3, -0.25) is 4.98 Å². The normalized spacial score (nSPS) is 16.8. The number of aryl methyl sites for hydroxylation is 2. The Hall–Kier alpha value is -3.23. The van der Waals surface area contributed by atoms with Crippen molar-refractivity contribution in [2.45, 2.75) is 50.8 Å². The first kappa shape index (κ1) is 22.6. The van der Waals surface area contributed by atoms with E-state index in [1.165, 1.54) is 0 Å². The van der Waals surface area contributed by atoms with Crippen molar-refractivity contribution in [3.63, 3.8) is 0 Å². The van der Waals surface area contributed by atoms with Crippen molar-refractivity contribution in [3.8, 4) is 22.3 Å². The second-order valence-electron chi connectivity index (χ2n) is 9.05. The zero-order valence-corrected chi connectivity index (χ0v) is 18.9. The Balaban J connectivity index is 1.69. The van der Waals surface area contributed by atoms with E-state index < -0.39 is 11.3 Å². The van der Waals surface area contributed by atoms with E-state index in [0.29, 0.717) is 27.9 Å². The van der Waals surface area contributed by atoms with Gasteiger partial charge in [0.15, 0.2) is 0 Å². The first-order valence-corrected chi connectivity index (χ1v) is 11.0. The Morgan fingerprint density at radius 3 is 2.35 bits per heavy atom. The fraction of sp³-hybridized carbons (Fsp3) is 0.391. The molecule has 1 aliphatic rings. The maximum absolute atomic E-state index is 13.8. The van der Waals surface area contributed by atoms with Crippen molar-refractivity contribution in [3.05, 3.63) is 42.3 Å². The van der Waals surface area contributed by atoms with Crippen LogP contribution < -0.4 is 5.73 Å². The summed E-state index contributed by atoms with van der Waals surface area (Å²) in [6.45, 7) is 3.68. The molecule has 0 bridgehead atoms. The highest BCUT2D eigenvalue weighted by Crippen LogP contribution is 2.43. The summed E-state index contributed by atoms with van der Waals surface area (Å²) >= 11 is 0. The van der Waals surface area contributed by atoms with E-state index in [9.17, 15) is 8.78 Å². The standard InChI is InChI=1S/C23H22B2F2N6O/c1-12-19(13(2)34-32-12)14-7-18-20(29-8-14)17(15-9-30-21(28)31-10-15)11-33(18)23(24,25)16-3-5-22(26,27)6-4-16/h7-11,16H,3-6H2,1-2H3,(H2,28,30,31). The molecule has 11 heteroatoms. The molecule has 1 saturated carbocycles. The van der Waals surface area contributed by atoms with Crippen LogP contribution in [0.3, 0.4) is 0 Å². The summed E-state index contributed by atoms with van der Waals surface area (Å²) in [4.78, 5) is 12.9. The Morgan fingerprint density at radius 2 is 1.74 bits per heavy atom. The van der Waals surface area contributed by atoms with Gasteiger partial charge in [-0.1, -0.05) is 5.16 Å². The van der Waals surface area contributed by atoms with Gasteiger partial charge in [-0.05, 0) is 44.0 Å². The lowest BCUT2D eigenvalue weighted by molar-refractivity contribution is -0.0498. The molecule has 0 aliphatic heterocycles. The van der Waals surface area contributed by atoms with Crippen molar-refractivity contribution >= 4 is 32.7 Å². The zero-order valence-electron chi connectivity index (χ0n) is 18.9. The smallest absolute Gasteiger partial charge is 0.248 e. The Labute approximate surface area is 198 Å². The van der Waals surface area contributed by atoms with Crippen LogP contribution in [0.2, 0.25) is 0 Å². The third kappa shape index (κ3) is 3.76.